The number of rotatable bonds is 7. The van der Waals surface area contributed by atoms with Gasteiger partial charge in [0.25, 0.3) is 5.91 Å². The van der Waals surface area contributed by atoms with E-state index in [1.807, 2.05) is 6.92 Å². The number of aryl methyl sites for hydroxylation is 2. The van der Waals surface area contributed by atoms with Crippen molar-refractivity contribution in [1.29, 1.82) is 0 Å². The average molecular weight is 444 g/mol. The van der Waals surface area contributed by atoms with E-state index in [1.165, 1.54) is 0 Å². The highest BCUT2D eigenvalue weighted by Crippen LogP contribution is 2.30. The lowest BCUT2D eigenvalue weighted by atomic mass is 10.0. The molecule has 31 heavy (non-hydrogen) atoms. The van der Waals surface area contributed by atoms with Gasteiger partial charge in [-0.2, -0.15) is 0 Å². The molecule has 0 saturated carbocycles. The van der Waals surface area contributed by atoms with Crippen LogP contribution in [0, 0.1) is 20.8 Å². The summed E-state index contributed by atoms with van der Waals surface area (Å²) in [6.07, 6.45) is 0.106. The second-order valence-corrected chi connectivity index (χ2v) is 7.79. The van der Waals surface area contributed by atoms with Gasteiger partial charge in [0.2, 0.25) is 0 Å². The molecule has 0 fully saturated rings. The number of amides is 1. The molecular weight excluding hydrogens is 422 g/mol. The molecule has 3 aromatic rings. The summed E-state index contributed by atoms with van der Waals surface area (Å²) in [5.74, 6) is -1.35. The van der Waals surface area contributed by atoms with Crippen LogP contribution in [-0.4, -0.2) is 29.6 Å². The molecule has 1 aromatic heterocycles. The molecule has 2 N–H and O–H groups in total. The number of ether oxygens (including phenoxy) is 1. The van der Waals surface area contributed by atoms with E-state index >= 15 is 0 Å². The van der Waals surface area contributed by atoms with Crippen molar-refractivity contribution in [3.05, 3.63) is 74.1 Å². The van der Waals surface area contributed by atoms with Gasteiger partial charge in [0.15, 0.2) is 6.61 Å². The number of carbonyl (C=O) groups excluding carboxylic acids is 1. The van der Waals surface area contributed by atoms with Gasteiger partial charge < -0.3 is 19.6 Å². The third-order valence-electron chi connectivity index (χ3n) is 5.00. The zero-order valence-corrected chi connectivity index (χ0v) is 18.1. The molecule has 0 bridgehead atoms. The second kappa shape index (κ2) is 9.22. The first-order valence-electron chi connectivity index (χ1n) is 9.59. The Morgan fingerprint density at radius 2 is 1.81 bits per heavy atom. The Bertz CT molecular complexity index is 1200. The average Bonchev–Trinajstić information content (AvgIpc) is 2.71. The number of hydrogen-bond donors (Lipinski definition) is 2. The molecule has 8 heteroatoms. The Kier molecular flexibility index (Phi) is 6.65. The van der Waals surface area contributed by atoms with Crippen LogP contribution >= 0.6 is 11.6 Å². The number of nitrogens with one attached hydrogen (secondary N) is 1. The van der Waals surface area contributed by atoms with Crippen molar-refractivity contribution in [1.82, 2.24) is 5.32 Å². The summed E-state index contributed by atoms with van der Waals surface area (Å²) in [5, 5.41) is 13.1. The zero-order chi connectivity index (χ0) is 22.7. The van der Waals surface area contributed by atoms with Gasteiger partial charge in [-0.05, 0) is 61.7 Å². The smallest absolute Gasteiger partial charge is 0.339 e. The molecule has 1 amide bonds. The monoisotopic (exact) mass is 443 g/mol. The molecule has 1 heterocycles. The van der Waals surface area contributed by atoms with Crippen molar-refractivity contribution < 1.29 is 23.8 Å². The Morgan fingerprint density at radius 1 is 1.13 bits per heavy atom. The minimum absolute atomic E-state index is 0.106. The lowest BCUT2D eigenvalue weighted by Gasteiger charge is -2.16. The van der Waals surface area contributed by atoms with E-state index in [0.29, 0.717) is 32.9 Å². The van der Waals surface area contributed by atoms with Crippen molar-refractivity contribution in [2.45, 2.75) is 33.2 Å². The number of aliphatic carboxylic acids is 1. The number of benzene rings is 2. The fourth-order valence-corrected chi connectivity index (χ4v) is 3.36. The molecule has 2 aromatic carbocycles. The third-order valence-corrected chi connectivity index (χ3v) is 5.25. The Hall–Kier alpha value is -3.32. The first kappa shape index (κ1) is 22.4. The molecular formula is C23H22ClNO6. The van der Waals surface area contributed by atoms with Crippen LogP contribution in [0.2, 0.25) is 5.02 Å². The minimum atomic E-state index is -1.16. The van der Waals surface area contributed by atoms with Gasteiger partial charge in [-0.1, -0.05) is 23.7 Å². The summed E-state index contributed by atoms with van der Waals surface area (Å²) in [5.41, 5.74) is 2.62. The van der Waals surface area contributed by atoms with Crippen LogP contribution in [0.15, 0.2) is 45.6 Å². The number of halogens is 1. The SMILES string of the molecule is Cc1cc(OCC(=O)N[C@H](Cc2ccc(Cl)cc2)C(=O)O)c2c(C)c(C)c(=O)oc2c1. The van der Waals surface area contributed by atoms with Crippen molar-refractivity contribution in [3.8, 4) is 5.75 Å². The highest BCUT2D eigenvalue weighted by molar-refractivity contribution is 6.30. The van der Waals surface area contributed by atoms with E-state index in [-0.39, 0.29) is 13.0 Å². The normalized spacial score (nSPS) is 11.9. The van der Waals surface area contributed by atoms with Gasteiger partial charge in [-0.15, -0.1) is 0 Å². The van der Waals surface area contributed by atoms with Crippen molar-refractivity contribution in [2.24, 2.45) is 0 Å². The van der Waals surface area contributed by atoms with Crippen LogP contribution in [0.4, 0.5) is 0 Å². The summed E-state index contributed by atoms with van der Waals surface area (Å²) in [7, 11) is 0. The lowest BCUT2D eigenvalue weighted by Crippen LogP contribution is -2.44. The highest BCUT2D eigenvalue weighted by Gasteiger charge is 2.21. The van der Waals surface area contributed by atoms with Crippen LogP contribution in [0.1, 0.15) is 22.3 Å². The van der Waals surface area contributed by atoms with Gasteiger partial charge in [-0.3, -0.25) is 4.79 Å². The zero-order valence-electron chi connectivity index (χ0n) is 17.3. The number of carboxylic acids is 1. The van der Waals surface area contributed by atoms with E-state index in [4.69, 9.17) is 20.8 Å². The van der Waals surface area contributed by atoms with E-state index in [1.54, 1.807) is 50.2 Å². The van der Waals surface area contributed by atoms with E-state index in [2.05, 4.69) is 5.32 Å². The molecule has 0 radical (unpaired) electrons. The molecule has 0 spiro atoms. The number of carbonyl (C=O) groups is 2. The van der Waals surface area contributed by atoms with Crippen molar-refractivity contribution in [3.63, 3.8) is 0 Å². The van der Waals surface area contributed by atoms with Crippen molar-refractivity contribution in [2.75, 3.05) is 6.61 Å². The maximum atomic E-state index is 12.4. The molecule has 0 aliphatic heterocycles. The largest absolute Gasteiger partial charge is 0.483 e. The summed E-state index contributed by atoms with van der Waals surface area (Å²) >= 11 is 5.85. The van der Waals surface area contributed by atoms with Gasteiger partial charge >= 0.3 is 11.6 Å². The van der Waals surface area contributed by atoms with Crippen LogP contribution in [0.25, 0.3) is 11.0 Å². The second-order valence-electron chi connectivity index (χ2n) is 7.35. The maximum absolute atomic E-state index is 12.4. The summed E-state index contributed by atoms with van der Waals surface area (Å²) in [6, 6.07) is 9.08. The summed E-state index contributed by atoms with van der Waals surface area (Å²) in [4.78, 5) is 36.0. The van der Waals surface area contributed by atoms with E-state index in [9.17, 15) is 19.5 Å². The van der Waals surface area contributed by atoms with Gasteiger partial charge in [-0.25, -0.2) is 9.59 Å². The topological polar surface area (TPSA) is 106 Å². The summed E-state index contributed by atoms with van der Waals surface area (Å²) in [6.45, 7) is 4.86. The van der Waals surface area contributed by atoms with Crippen LogP contribution in [0.5, 0.6) is 5.75 Å². The van der Waals surface area contributed by atoms with Gasteiger partial charge in [0.1, 0.15) is 17.4 Å². The summed E-state index contributed by atoms with van der Waals surface area (Å²) < 4.78 is 11.0. The molecule has 0 aliphatic rings. The first-order chi connectivity index (χ1) is 14.7. The molecule has 7 nitrogen and oxygen atoms in total. The van der Waals surface area contributed by atoms with Crippen LogP contribution in [0.3, 0.4) is 0 Å². The first-order valence-corrected chi connectivity index (χ1v) is 9.97. The minimum Gasteiger partial charge on any atom is -0.483 e. The predicted octanol–water partition coefficient (Wildman–Crippen LogP) is 3.56. The lowest BCUT2D eigenvalue weighted by molar-refractivity contribution is -0.142. The van der Waals surface area contributed by atoms with Crippen LogP contribution < -0.4 is 15.7 Å². The quantitative estimate of drug-likeness (QED) is 0.541. The van der Waals surface area contributed by atoms with Crippen LogP contribution in [-0.2, 0) is 16.0 Å². The van der Waals surface area contributed by atoms with Gasteiger partial charge in [0, 0.05) is 17.0 Å². The van der Waals surface area contributed by atoms with E-state index < -0.39 is 23.5 Å². The standard InChI is InChI=1S/C23H22ClNO6/c1-12-8-18(21-13(2)14(3)23(29)31-19(21)9-12)30-11-20(26)25-17(22(27)28)10-15-4-6-16(24)7-5-15/h4-9,17H,10-11H2,1-3H3,(H,25,26)(H,27,28)/t17-/m1/s1. The molecule has 0 saturated heterocycles. The number of carboxylic acid groups (broad SMARTS) is 1. The fourth-order valence-electron chi connectivity index (χ4n) is 3.24. The predicted molar refractivity (Wildman–Crippen MR) is 117 cm³/mol. The van der Waals surface area contributed by atoms with Crippen molar-refractivity contribution >= 4 is 34.4 Å². The Balaban J connectivity index is 1.75. The fraction of sp³-hybridized carbons (Fsp3) is 0.261. The Labute approximate surface area is 183 Å². The molecule has 0 aliphatic carbocycles. The molecule has 3 rings (SSSR count). The van der Waals surface area contributed by atoms with Gasteiger partial charge in [0.05, 0.1) is 5.39 Å². The maximum Gasteiger partial charge on any atom is 0.339 e. The molecule has 162 valence electrons. The molecule has 0 unspecified atom stereocenters. The Morgan fingerprint density at radius 3 is 2.45 bits per heavy atom. The number of hydrogen-bond acceptors (Lipinski definition) is 5. The third kappa shape index (κ3) is 5.24. The molecule has 1 atom stereocenters. The van der Waals surface area contributed by atoms with E-state index in [0.717, 1.165) is 11.1 Å². The highest BCUT2D eigenvalue weighted by atomic mass is 35.5. The number of fused-ring (bicyclic) bond motifs is 1.